The van der Waals surface area contributed by atoms with Crippen molar-refractivity contribution in [3.63, 3.8) is 0 Å². The molecule has 0 saturated heterocycles. The maximum atomic E-state index is 13.6. The molecular formula is C11H10F2N2O3. The molecule has 1 atom stereocenters. The van der Waals surface area contributed by atoms with E-state index in [1.165, 1.54) is 6.08 Å². The molecule has 0 bridgehead atoms. The van der Waals surface area contributed by atoms with Gasteiger partial charge in [0.1, 0.15) is 5.82 Å². The minimum absolute atomic E-state index is 0.420. The van der Waals surface area contributed by atoms with E-state index in [1.54, 1.807) is 6.92 Å². The molecule has 5 nitrogen and oxygen atoms in total. The summed E-state index contributed by atoms with van der Waals surface area (Å²) in [7, 11) is 0. The normalized spacial score (nSPS) is 11.7. The van der Waals surface area contributed by atoms with Crippen molar-refractivity contribution in [3.05, 3.63) is 52.1 Å². The first-order valence-corrected chi connectivity index (χ1v) is 4.93. The molecule has 0 fully saturated rings. The summed E-state index contributed by atoms with van der Waals surface area (Å²) in [5.74, 6) is -3.36. The molecule has 0 aromatic heterocycles. The number of hydrogen-bond donors (Lipinski definition) is 1. The number of nitro benzene ring substituents is 1. The Hall–Kier alpha value is -2.31. The van der Waals surface area contributed by atoms with Gasteiger partial charge in [-0.25, -0.2) is 4.39 Å². The van der Waals surface area contributed by atoms with Crippen molar-refractivity contribution >= 4 is 11.6 Å². The second-order valence-corrected chi connectivity index (χ2v) is 3.54. The van der Waals surface area contributed by atoms with Gasteiger partial charge in [0.15, 0.2) is 0 Å². The summed E-state index contributed by atoms with van der Waals surface area (Å²) in [5, 5.41) is 12.8. The lowest BCUT2D eigenvalue weighted by molar-refractivity contribution is -0.387. The number of hydrogen-bond acceptors (Lipinski definition) is 3. The fourth-order valence-corrected chi connectivity index (χ4v) is 1.22. The first kappa shape index (κ1) is 13.8. The van der Waals surface area contributed by atoms with E-state index in [2.05, 4.69) is 11.9 Å². The van der Waals surface area contributed by atoms with Gasteiger partial charge in [-0.15, -0.1) is 6.58 Å². The molecule has 1 amide bonds. The number of halogens is 2. The number of nitrogens with zero attached hydrogens (tertiary/aromatic N) is 1. The highest BCUT2D eigenvalue weighted by atomic mass is 19.1. The second kappa shape index (κ2) is 5.35. The Balaban J connectivity index is 3.20. The SMILES string of the molecule is C=CC(C)NC(=O)c1cc(F)cc([N+](=O)[O-])c1F. The average Bonchev–Trinajstić information content (AvgIpc) is 2.30. The van der Waals surface area contributed by atoms with Gasteiger partial charge in [-0.1, -0.05) is 6.08 Å². The van der Waals surface area contributed by atoms with Crippen LogP contribution in [0.15, 0.2) is 24.8 Å². The summed E-state index contributed by atoms with van der Waals surface area (Å²) in [6.45, 7) is 4.97. The predicted octanol–water partition coefficient (Wildman–Crippen LogP) is 2.18. The van der Waals surface area contributed by atoms with Crippen LogP contribution in [-0.4, -0.2) is 16.9 Å². The number of rotatable bonds is 4. The number of nitro groups is 1. The van der Waals surface area contributed by atoms with Crippen molar-refractivity contribution in [2.45, 2.75) is 13.0 Å². The zero-order valence-electron chi connectivity index (χ0n) is 9.44. The quantitative estimate of drug-likeness (QED) is 0.509. The second-order valence-electron chi connectivity index (χ2n) is 3.54. The highest BCUT2D eigenvalue weighted by Crippen LogP contribution is 2.22. The molecule has 1 aromatic rings. The molecule has 1 rings (SSSR count). The van der Waals surface area contributed by atoms with Crippen molar-refractivity contribution in [2.24, 2.45) is 0 Å². The summed E-state index contributed by atoms with van der Waals surface area (Å²) in [4.78, 5) is 21.0. The van der Waals surface area contributed by atoms with Gasteiger partial charge >= 0.3 is 5.69 Å². The Labute approximate surface area is 101 Å². The van der Waals surface area contributed by atoms with Gasteiger partial charge < -0.3 is 5.32 Å². The Morgan fingerprint density at radius 2 is 2.17 bits per heavy atom. The van der Waals surface area contributed by atoms with E-state index in [-0.39, 0.29) is 0 Å². The van der Waals surface area contributed by atoms with Gasteiger partial charge in [0.2, 0.25) is 5.82 Å². The van der Waals surface area contributed by atoms with Gasteiger partial charge in [0.25, 0.3) is 5.91 Å². The minimum atomic E-state index is -1.37. The molecule has 7 heteroatoms. The van der Waals surface area contributed by atoms with E-state index in [0.717, 1.165) is 0 Å². The molecule has 0 aliphatic rings. The van der Waals surface area contributed by atoms with E-state index in [1.807, 2.05) is 0 Å². The molecule has 96 valence electrons. The van der Waals surface area contributed by atoms with E-state index in [0.29, 0.717) is 12.1 Å². The third kappa shape index (κ3) is 2.88. The van der Waals surface area contributed by atoms with E-state index < -0.39 is 39.8 Å². The molecule has 0 heterocycles. The highest BCUT2D eigenvalue weighted by Gasteiger charge is 2.24. The fraction of sp³-hybridized carbons (Fsp3) is 0.182. The van der Waals surface area contributed by atoms with Crippen LogP contribution < -0.4 is 5.32 Å². The Bertz CT molecular complexity index is 517. The van der Waals surface area contributed by atoms with Crippen LogP contribution in [0.1, 0.15) is 17.3 Å². The van der Waals surface area contributed by atoms with Crippen LogP contribution in [0.2, 0.25) is 0 Å². The van der Waals surface area contributed by atoms with Crippen LogP contribution in [0.5, 0.6) is 0 Å². The summed E-state index contributed by atoms with van der Waals surface area (Å²) < 4.78 is 26.7. The van der Waals surface area contributed by atoms with Gasteiger partial charge in [0.05, 0.1) is 16.6 Å². The Morgan fingerprint density at radius 3 is 2.67 bits per heavy atom. The van der Waals surface area contributed by atoms with E-state index >= 15 is 0 Å². The molecule has 0 aliphatic heterocycles. The molecule has 0 aliphatic carbocycles. The maximum absolute atomic E-state index is 13.6. The number of carbonyl (C=O) groups is 1. The Kier molecular flexibility index (Phi) is 4.09. The molecule has 1 N–H and O–H groups in total. The highest BCUT2D eigenvalue weighted by molar-refractivity contribution is 5.95. The molecule has 1 unspecified atom stereocenters. The van der Waals surface area contributed by atoms with Crippen LogP contribution in [0.4, 0.5) is 14.5 Å². The average molecular weight is 256 g/mol. The third-order valence-corrected chi connectivity index (χ3v) is 2.17. The zero-order chi connectivity index (χ0) is 13.9. The lowest BCUT2D eigenvalue weighted by atomic mass is 10.1. The summed E-state index contributed by atoms with van der Waals surface area (Å²) >= 11 is 0. The topological polar surface area (TPSA) is 72.2 Å². The lowest BCUT2D eigenvalue weighted by Gasteiger charge is -2.09. The zero-order valence-corrected chi connectivity index (χ0v) is 9.44. The monoisotopic (exact) mass is 256 g/mol. The van der Waals surface area contributed by atoms with Crippen molar-refractivity contribution in [1.82, 2.24) is 5.32 Å². The molecule has 0 saturated carbocycles. The predicted molar refractivity (Wildman–Crippen MR) is 60.1 cm³/mol. The van der Waals surface area contributed by atoms with Crippen molar-refractivity contribution in [1.29, 1.82) is 0 Å². The summed E-state index contributed by atoms with van der Waals surface area (Å²) in [6.07, 6.45) is 1.38. The van der Waals surface area contributed by atoms with Crippen LogP contribution in [0.25, 0.3) is 0 Å². The summed E-state index contributed by atoms with van der Waals surface area (Å²) in [5.41, 5.74) is -1.79. The summed E-state index contributed by atoms with van der Waals surface area (Å²) in [6, 6.07) is 0.551. The van der Waals surface area contributed by atoms with Crippen LogP contribution in [0.3, 0.4) is 0 Å². The van der Waals surface area contributed by atoms with Crippen molar-refractivity contribution in [3.8, 4) is 0 Å². The van der Waals surface area contributed by atoms with E-state index in [9.17, 15) is 23.7 Å². The van der Waals surface area contributed by atoms with Crippen LogP contribution >= 0.6 is 0 Å². The van der Waals surface area contributed by atoms with Crippen molar-refractivity contribution < 1.29 is 18.5 Å². The standard InChI is InChI=1S/C11H10F2N2O3/c1-3-6(2)14-11(16)8-4-7(12)5-9(10(8)13)15(17)18/h3-6H,1H2,2H3,(H,14,16). The van der Waals surface area contributed by atoms with Crippen LogP contribution in [0, 0.1) is 21.7 Å². The van der Waals surface area contributed by atoms with Gasteiger partial charge in [-0.05, 0) is 13.0 Å². The maximum Gasteiger partial charge on any atom is 0.308 e. The third-order valence-electron chi connectivity index (χ3n) is 2.17. The largest absolute Gasteiger partial charge is 0.346 e. The smallest absolute Gasteiger partial charge is 0.308 e. The first-order valence-electron chi connectivity index (χ1n) is 4.93. The Morgan fingerprint density at radius 1 is 1.56 bits per heavy atom. The van der Waals surface area contributed by atoms with Gasteiger partial charge in [-0.3, -0.25) is 14.9 Å². The van der Waals surface area contributed by atoms with Crippen molar-refractivity contribution in [2.75, 3.05) is 0 Å². The molecule has 0 spiro atoms. The number of benzene rings is 1. The number of amides is 1. The molecular weight excluding hydrogens is 246 g/mol. The fourth-order valence-electron chi connectivity index (χ4n) is 1.22. The first-order chi connectivity index (χ1) is 8.36. The van der Waals surface area contributed by atoms with E-state index in [4.69, 9.17) is 0 Å². The van der Waals surface area contributed by atoms with Crippen LogP contribution in [-0.2, 0) is 0 Å². The number of carbonyl (C=O) groups excluding carboxylic acids is 1. The lowest BCUT2D eigenvalue weighted by Crippen LogP contribution is -2.31. The number of nitrogens with one attached hydrogen (secondary N) is 1. The molecule has 0 radical (unpaired) electrons. The minimum Gasteiger partial charge on any atom is -0.346 e. The van der Waals surface area contributed by atoms with Gasteiger partial charge in [0, 0.05) is 6.04 Å². The molecule has 1 aromatic carbocycles. The van der Waals surface area contributed by atoms with Gasteiger partial charge in [-0.2, -0.15) is 4.39 Å². The molecule has 18 heavy (non-hydrogen) atoms.